The number of rotatable bonds is 4. The van der Waals surface area contributed by atoms with Gasteiger partial charge in [-0.2, -0.15) is 5.10 Å². The number of hydrogen-bond donors (Lipinski definition) is 0. The minimum atomic E-state index is -0.186. The molecule has 1 amide bonds. The maximum absolute atomic E-state index is 13.3. The number of methoxy groups -OCH3 is 1. The molecule has 0 aliphatic carbocycles. The largest absolute Gasteiger partial charge is 0.469 e. The van der Waals surface area contributed by atoms with Crippen LogP contribution in [0.5, 0.6) is 0 Å². The molecule has 0 atom stereocenters. The van der Waals surface area contributed by atoms with Gasteiger partial charge in [0.05, 0.1) is 30.2 Å². The summed E-state index contributed by atoms with van der Waals surface area (Å²) in [5, 5.41) is 5.24. The van der Waals surface area contributed by atoms with Crippen LogP contribution in [-0.4, -0.2) is 51.7 Å². The maximum Gasteiger partial charge on any atom is 0.308 e. The first kappa shape index (κ1) is 19.3. The van der Waals surface area contributed by atoms with Crippen LogP contribution in [0.2, 0.25) is 0 Å². The molecule has 27 heavy (non-hydrogen) atoms. The SMILES string of the molecule is COC(=O)C1CCN(C(=O)c2cc(C(C)C)nc3c2cnn3C(C)C)CC1. The second-order valence-electron chi connectivity index (χ2n) is 7.76. The van der Waals surface area contributed by atoms with Crippen molar-refractivity contribution in [3.05, 3.63) is 23.5 Å². The highest BCUT2D eigenvalue weighted by Crippen LogP contribution is 2.27. The summed E-state index contributed by atoms with van der Waals surface area (Å²) in [6, 6.07) is 2.06. The van der Waals surface area contributed by atoms with Crippen LogP contribution in [-0.2, 0) is 9.53 Å². The van der Waals surface area contributed by atoms with E-state index in [-0.39, 0.29) is 29.8 Å². The third-order valence-corrected chi connectivity index (χ3v) is 5.21. The third kappa shape index (κ3) is 3.68. The summed E-state index contributed by atoms with van der Waals surface area (Å²) in [5.41, 5.74) is 2.29. The molecule has 0 spiro atoms. The van der Waals surface area contributed by atoms with Crippen molar-refractivity contribution in [3.8, 4) is 0 Å². The number of ether oxygens (including phenoxy) is 1. The lowest BCUT2D eigenvalue weighted by molar-refractivity contribution is -0.146. The monoisotopic (exact) mass is 372 g/mol. The second kappa shape index (κ2) is 7.66. The number of hydrogen-bond acceptors (Lipinski definition) is 5. The number of nitrogens with zero attached hydrogens (tertiary/aromatic N) is 4. The van der Waals surface area contributed by atoms with Gasteiger partial charge in [-0.3, -0.25) is 9.59 Å². The molecular formula is C20H28N4O3. The molecule has 0 unspecified atom stereocenters. The fourth-order valence-corrected chi connectivity index (χ4v) is 3.54. The highest BCUT2D eigenvalue weighted by Gasteiger charge is 2.30. The Labute approximate surface area is 159 Å². The highest BCUT2D eigenvalue weighted by atomic mass is 16.5. The summed E-state index contributed by atoms with van der Waals surface area (Å²) < 4.78 is 6.70. The van der Waals surface area contributed by atoms with Crippen LogP contribution < -0.4 is 0 Å². The van der Waals surface area contributed by atoms with Crippen LogP contribution in [0.3, 0.4) is 0 Å². The Morgan fingerprint density at radius 2 is 1.85 bits per heavy atom. The van der Waals surface area contributed by atoms with Gasteiger partial charge in [-0.05, 0) is 38.7 Å². The molecule has 1 fully saturated rings. The molecule has 0 N–H and O–H groups in total. The summed E-state index contributed by atoms with van der Waals surface area (Å²) in [7, 11) is 1.41. The van der Waals surface area contributed by atoms with E-state index in [0.717, 1.165) is 16.7 Å². The average molecular weight is 372 g/mol. The zero-order valence-corrected chi connectivity index (χ0v) is 16.7. The number of piperidine rings is 1. The number of likely N-dealkylation sites (tertiary alicyclic amines) is 1. The summed E-state index contributed by atoms with van der Waals surface area (Å²) >= 11 is 0. The molecule has 0 aromatic carbocycles. The zero-order valence-electron chi connectivity index (χ0n) is 16.7. The first-order valence-corrected chi connectivity index (χ1v) is 9.58. The van der Waals surface area contributed by atoms with Gasteiger partial charge in [0.1, 0.15) is 0 Å². The molecule has 7 heteroatoms. The van der Waals surface area contributed by atoms with E-state index < -0.39 is 0 Å². The molecule has 2 aromatic heterocycles. The van der Waals surface area contributed by atoms with Crippen LogP contribution >= 0.6 is 0 Å². The molecule has 146 valence electrons. The van der Waals surface area contributed by atoms with Gasteiger partial charge in [-0.15, -0.1) is 0 Å². The van der Waals surface area contributed by atoms with Crippen LogP contribution in [0.1, 0.15) is 68.5 Å². The number of fused-ring (bicyclic) bond motifs is 1. The Morgan fingerprint density at radius 3 is 2.41 bits per heavy atom. The Bertz CT molecular complexity index is 848. The van der Waals surface area contributed by atoms with E-state index in [0.29, 0.717) is 31.5 Å². The lowest BCUT2D eigenvalue weighted by Gasteiger charge is -2.31. The standard InChI is InChI=1S/C20H28N4O3/c1-12(2)17-10-15(16-11-21-24(13(3)4)18(16)22-17)19(25)23-8-6-14(7-9-23)20(26)27-5/h10-14H,6-9H2,1-5H3. The van der Waals surface area contributed by atoms with Gasteiger partial charge in [0.25, 0.3) is 5.91 Å². The third-order valence-electron chi connectivity index (χ3n) is 5.21. The molecule has 3 heterocycles. The molecule has 3 rings (SSSR count). The summed E-state index contributed by atoms with van der Waals surface area (Å²) in [6.07, 6.45) is 3.00. The minimum Gasteiger partial charge on any atom is -0.469 e. The average Bonchev–Trinajstić information content (AvgIpc) is 3.10. The quantitative estimate of drug-likeness (QED) is 0.771. The van der Waals surface area contributed by atoms with Gasteiger partial charge in [-0.25, -0.2) is 9.67 Å². The van der Waals surface area contributed by atoms with Crippen molar-refractivity contribution in [2.24, 2.45) is 5.92 Å². The fourth-order valence-electron chi connectivity index (χ4n) is 3.54. The van der Waals surface area contributed by atoms with Crippen molar-refractivity contribution in [2.45, 2.75) is 52.5 Å². The first-order chi connectivity index (χ1) is 12.8. The fraction of sp³-hybridized carbons (Fsp3) is 0.600. The van der Waals surface area contributed by atoms with Crippen LogP contribution in [0, 0.1) is 5.92 Å². The summed E-state index contributed by atoms with van der Waals surface area (Å²) in [6.45, 7) is 9.35. The normalized spacial score (nSPS) is 15.7. The second-order valence-corrected chi connectivity index (χ2v) is 7.76. The van der Waals surface area contributed by atoms with Gasteiger partial charge < -0.3 is 9.64 Å². The Morgan fingerprint density at radius 1 is 1.19 bits per heavy atom. The zero-order chi connectivity index (χ0) is 19.7. The van der Waals surface area contributed by atoms with Crippen molar-refractivity contribution >= 4 is 22.9 Å². The van der Waals surface area contributed by atoms with E-state index in [9.17, 15) is 9.59 Å². The number of carbonyl (C=O) groups excluding carboxylic acids is 2. The lowest BCUT2D eigenvalue weighted by atomic mass is 9.96. The number of esters is 1. The molecule has 0 radical (unpaired) electrons. The highest BCUT2D eigenvalue weighted by molar-refractivity contribution is 6.05. The summed E-state index contributed by atoms with van der Waals surface area (Å²) in [4.78, 5) is 31.6. The predicted octanol–water partition coefficient (Wildman–Crippen LogP) is 3.16. The first-order valence-electron chi connectivity index (χ1n) is 9.58. The van der Waals surface area contributed by atoms with Crippen LogP contribution in [0.25, 0.3) is 11.0 Å². The number of aromatic nitrogens is 3. The lowest BCUT2D eigenvalue weighted by Crippen LogP contribution is -2.40. The van der Waals surface area contributed by atoms with E-state index in [2.05, 4.69) is 32.8 Å². The number of pyridine rings is 1. The van der Waals surface area contributed by atoms with Crippen LogP contribution in [0.15, 0.2) is 12.3 Å². The van der Waals surface area contributed by atoms with Crippen LogP contribution in [0.4, 0.5) is 0 Å². The van der Waals surface area contributed by atoms with Crippen molar-refractivity contribution in [3.63, 3.8) is 0 Å². The van der Waals surface area contributed by atoms with Crippen molar-refractivity contribution in [2.75, 3.05) is 20.2 Å². The smallest absolute Gasteiger partial charge is 0.308 e. The van der Waals surface area contributed by atoms with E-state index in [1.165, 1.54) is 7.11 Å². The van der Waals surface area contributed by atoms with E-state index in [1.807, 2.05) is 15.6 Å². The predicted molar refractivity (Wildman–Crippen MR) is 103 cm³/mol. The Kier molecular flexibility index (Phi) is 5.48. The molecule has 2 aromatic rings. The van der Waals surface area contributed by atoms with E-state index in [1.54, 1.807) is 6.20 Å². The Balaban J connectivity index is 1.94. The van der Waals surface area contributed by atoms with Crippen molar-refractivity contribution in [1.29, 1.82) is 0 Å². The molecule has 1 aliphatic rings. The topological polar surface area (TPSA) is 77.3 Å². The van der Waals surface area contributed by atoms with Gasteiger partial charge in [0.15, 0.2) is 5.65 Å². The molecule has 7 nitrogen and oxygen atoms in total. The van der Waals surface area contributed by atoms with E-state index in [4.69, 9.17) is 9.72 Å². The molecule has 0 bridgehead atoms. The van der Waals surface area contributed by atoms with Gasteiger partial charge in [0.2, 0.25) is 0 Å². The molecule has 0 saturated carbocycles. The maximum atomic E-state index is 13.3. The van der Waals surface area contributed by atoms with Gasteiger partial charge in [-0.1, -0.05) is 13.8 Å². The molecule has 1 aliphatic heterocycles. The number of amides is 1. The van der Waals surface area contributed by atoms with Gasteiger partial charge >= 0.3 is 5.97 Å². The minimum absolute atomic E-state index is 0.0177. The van der Waals surface area contributed by atoms with Crippen molar-refractivity contribution < 1.29 is 14.3 Å². The van der Waals surface area contributed by atoms with E-state index >= 15 is 0 Å². The molecular weight excluding hydrogens is 344 g/mol. The van der Waals surface area contributed by atoms with Gasteiger partial charge in [0, 0.05) is 24.8 Å². The number of carbonyl (C=O) groups is 2. The molecule has 1 saturated heterocycles. The van der Waals surface area contributed by atoms with Crippen molar-refractivity contribution in [1.82, 2.24) is 19.7 Å². The summed E-state index contributed by atoms with van der Waals surface area (Å²) in [5.74, 6) is -0.113. The Hall–Kier alpha value is -2.44.